The first kappa shape index (κ1) is 13.9. The van der Waals surface area contributed by atoms with Crippen LogP contribution in [0.3, 0.4) is 0 Å². The highest BCUT2D eigenvalue weighted by Gasteiger charge is 2.38. The number of carbonyl (C=O) groups is 1. The van der Waals surface area contributed by atoms with Crippen molar-refractivity contribution in [2.75, 3.05) is 0 Å². The molecule has 0 radical (unpaired) electrons. The maximum atomic E-state index is 11.6. The van der Waals surface area contributed by atoms with Crippen molar-refractivity contribution >= 4 is 16.7 Å². The molecule has 2 atom stereocenters. The molecule has 3 rings (SSSR count). The van der Waals surface area contributed by atoms with Crippen LogP contribution in [0.2, 0.25) is 0 Å². The lowest BCUT2D eigenvalue weighted by Gasteiger charge is -2.37. The molecule has 1 aliphatic rings. The third-order valence-corrected chi connectivity index (χ3v) is 4.69. The van der Waals surface area contributed by atoms with Crippen LogP contribution in [0.4, 0.5) is 0 Å². The predicted molar refractivity (Wildman–Crippen MR) is 85.4 cm³/mol. The van der Waals surface area contributed by atoms with Crippen LogP contribution in [-0.4, -0.2) is 11.1 Å². The molecule has 0 aliphatic heterocycles. The van der Waals surface area contributed by atoms with Crippen molar-refractivity contribution in [2.45, 2.75) is 32.1 Å². The van der Waals surface area contributed by atoms with Crippen LogP contribution in [-0.2, 0) is 10.2 Å². The Morgan fingerprint density at radius 3 is 2.62 bits per heavy atom. The average molecular weight is 280 g/mol. The molecule has 2 nitrogen and oxygen atoms in total. The molecular formula is C19H20O2. The molecule has 108 valence electrons. The van der Waals surface area contributed by atoms with Crippen LogP contribution in [0.15, 0.2) is 54.1 Å². The molecule has 21 heavy (non-hydrogen) atoms. The third kappa shape index (κ3) is 2.35. The molecule has 0 saturated heterocycles. The van der Waals surface area contributed by atoms with E-state index in [4.69, 9.17) is 0 Å². The molecule has 0 saturated carbocycles. The Bertz CT molecular complexity index is 729. The molecule has 2 aromatic rings. The van der Waals surface area contributed by atoms with Gasteiger partial charge in [0.15, 0.2) is 0 Å². The fourth-order valence-electron chi connectivity index (χ4n) is 3.56. The maximum absolute atomic E-state index is 11.6. The highest BCUT2D eigenvalue weighted by molar-refractivity contribution is 5.91. The molecular weight excluding hydrogens is 260 g/mol. The zero-order chi connectivity index (χ0) is 15.0. The van der Waals surface area contributed by atoms with Gasteiger partial charge in [-0.1, -0.05) is 62.4 Å². The molecule has 0 spiro atoms. The molecule has 1 N–H and O–H groups in total. The molecule has 2 unspecified atom stereocenters. The van der Waals surface area contributed by atoms with Crippen molar-refractivity contribution in [1.29, 1.82) is 0 Å². The minimum atomic E-state index is -0.794. The minimum absolute atomic E-state index is 0.409. The number of benzene rings is 2. The van der Waals surface area contributed by atoms with Gasteiger partial charge in [-0.05, 0) is 35.1 Å². The van der Waals surface area contributed by atoms with Crippen molar-refractivity contribution in [3.63, 3.8) is 0 Å². The number of rotatable bonds is 2. The van der Waals surface area contributed by atoms with E-state index in [0.717, 1.165) is 18.4 Å². The molecule has 2 aromatic carbocycles. The van der Waals surface area contributed by atoms with Crippen LogP contribution in [0.5, 0.6) is 0 Å². The second kappa shape index (κ2) is 5.03. The number of allylic oxidation sites excluding steroid dienone is 1. The fourth-order valence-corrected chi connectivity index (χ4v) is 3.56. The van der Waals surface area contributed by atoms with Gasteiger partial charge in [-0.25, -0.2) is 4.79 Å². The van der Waals surface area contributed by atoms with Crippen molar-refractivity contribution in [2.24, 2.45) is 5.92 Å². The van der Waals surface area contributed by atoms with E-state index in [2.05, 4.69) is 44.2 Å². The highest BCUT2D eigenvalue weighted by atomic mass is 16.4. The lowest BCUT2D eigenvalue weighted by Crippen LogP contribution is -2.34. The first-order valence-electron chi connectivity index (χ1n) is 7.44. The van der Waals surface area contributed by atoms with Gasteiger partial charge in [-0.15, -0.1) is 0 Å². The SMILES string of the molecule is CC1CC=C(C(=O)O)C(C)(c2ccc3ccccc3c2)C1. The minimum Gasteiger partial charge on any atom is -0.478 e. The zero-order valence-corrected chi connectivity index (χ0v) is 12.5. The van der Waals surface area contributed by atoms with Crippen LogP contribution >= 0.6 is 0 Å². The zero-order valence-electron chi connectivity index (χ0n) is 12.5. The van der Waals surface area contributed by atoms with Crippen LogP contribution in [0.25, 0.3) is 10.8 Å². The van der Waals surface area contributed by atoms with E-state index >= 15 is 0 Å². The maximum Gasteiger partial charge on any atom is 0.332 e. The molecule has 2 heteroatoms. The number of carboxylic acid groups (broad SMARTS) is 1. The van der Waals surface area contributed by atoms with Gasteiger partial charge < -0.3 is 5.11 Å². The summed E-state index contributed by atoms with van der Waals surface area (Å²) in [4.78, 5) is 11.6. The summed E-state index contributed by atoms with van der Waals surface area (Å²) in [5.74, 6) is -0.290. The summed E-state index contributed by atoms with van der Waals surface area (Å²) in [6.07, 6.45) is 3.64. The van der Waals surface area contributed by atoms with E-state index in [1.54, 1.807) is 0 Å². The molecule has 0 heterocycles. The van der Waals surface area contributed by atoms with Gasteiger partial charge in [0.25, 0.3) is 0 Å². The first-order valence-corrected chi connectivity index (χ1v) is 7.44. The number of fused-ring (bicyclic) bond motifs is 1. The van der Waals surface area contributed by atoms with Crippen molar-refractivity contribution in [3.8, 4) is 0 Å². The number of hydrogen-bond acceptors (Lipinski definition) is 1. The summed E-state index contributed by atoms with van der Waals surface area (Å²) in [5, 5.41) is 11.9. The third-order valence-electron chi connectivity index (χ3n) is 4.69. The Morgan fingerprint density at radius 2 is 1.90 bits per heavy atom. The van der Waals surface area contributed by atoms with Crippen molar-refractivity contribution in [1.82, 2.24) is 0 Å². The largest absolute Gasteiger partial charge is 0.478 e. The summed E-state index contributed by atoms with van der Waals surface area (Å²) in [6.45, 7) is 4.25. The van der Waals surface area contributed by atoms with Gasteiger partial charge in [-0.2, -0.15) is 0 Å². The van der Waals surface area contributed by atoms with Gasteiger partial charge in [0.1, 0.15) is 0 Å². The normalized spacial score (nSPS) is 25.6. The summed E-state index contributed by atoms with van der Waals surface area (Å²) in [5.41, 5.74) is 1.23. The highest BCUT2D eigenvalue weighted by Crippen LogP contribution is 2.43. The van der Waals surface area contributed by atoms with Crippen LogP contribution in [0, 0.1) is 5.92 Å². The quantitative estimate of drug-likeness (QED) is 0.877. The summed E-state index contributed by atoms with van der Waals surface area (Å²) in [7, 11) is 0. The Morgan fingerprint density at radius 1 is 1.19 bits per heavy atom. The van der Waals surface area contributed by atoms with Crippen molar-refractivity contribution < 1.29 is 9.90 Å². The second-order valence-electron chi connectivity index (χ2n) is 6.36. The van der Waals surface area contributed by atoms with Gasteiger partial charge in [0, 0.05) is 11.0 Å². The second-order valence-corrected chi connectivity index (χ2v) is 6.36. The Hall–Kier alpha value is -2.09. The standard InChI is InChI=1S/C19H20O2/c1-13-7-10-17(18(20)21)19(2,12-13)16-9-8-14-5-3-4-6-15(14)11-16/h3-6,8-11,13H,7,12H2,1-2H3,(H,20,21). The van der Waals surface area contributed by atoms with Crippen LogP contribution in [0.1, 0.15) is 32.3 Å². The van der Waals surface area contributed by atoms with E-state index in [0.29, 0.717) is 11.5 Å². The molecule has 0 aromatic heterocycles. The molecule has 0 bridgehead atoms. The summed E-state index contributed by atoms with van der Waals surface area (Å²) >= 11 is 0. The molecule has 1 aliphatic carbocycles. The van der Waals surface area contributed by atoms with Gasteiger partial charge in [0.2, 0.25) is 0 Å². The predicted octanol–water partition coefficient (Wildman–Crippen LogP) is 4.54. The Balaban J connectivity index is 2.15. The molecule has 0 amide bonds. The van der Waals surface area contributed by atoms with Crippen LogP contribution < -0.4 is 0 Å². The van der Waals surface area contributed by atoms with E-state index in [1.807, 2.05) is 18.2 Å². The smallest absolute Gasteiger partial charge is 0.332 e. The number of carboxylic acids is 1. The fraction of sp³-hybridized carbons (Fsp3) is 0.316. The van der Waals surface area contributed by atoms with E-state index in [-0.39, 0.29) is 0 Å². The van der Waals surface area contributed by atoms with E-state index < -0.39 is 11.4 Å². The van der Waals surface area contributed by atoms with E-state index in [1.165, 1.54) is 10.8 Å². The lowest BCUT2D eigenvalue weighted by atomic mass is 9.66. The van der Waals surface area contributed by atoms with Crippen molar-refractivity contribution in [3.05, 3.63) is 59.7 Å². The number of hydrogen-bond donors (Lipinski definition) is 1. The van der Waals surface area contributed by atoms with E-state index in [9.17, 15) is 9.90 Å². The number of aliphatic carboxylic acids is 1. The van der Waals surface area contributed by atoms with Gasteiger partial charge >= 0.3 is 5.97 Å². The summed E-state index contributed by atoms with van der Waals surface area (Å²) < 4.78 is 0. The first-order chi connectivity index (χ1) is 10.0. The monoisotopic (exact) mass is 280 g/mol. The average Bonchev–Trinajstić information content (AvgIpc) is 2.46. The van der Waals surface area contributed by atoms with Gasteiger partial charge in [-0.3, -0.25) is 0 Å². The lowest BCUT2D eigenvalue weighted by molar-refractivity contribution is -0.133. The topological polar surface area (TPSA) is 37.3 Å². The molecule has 0 fully saturated rings. The van der Waals surface area contributed by atoms with Gasteiger partial charge in [0.05, 0.1) is 0 Å². The summed E-state index contributed by atoms with van der Waals surface area (Å²) in [6, 6.07) is 14.5. The Kier molecular flexibility index (Phi) is 3.32. The Labute approximate surface area is 125 Å².